The van der Waals surface area contributed by atoms with E-state index in [1.165, 1.54) is 16.7 Å². The van der Waals surface area contributed by atoms with Crippen molar-refractivity contribution in [1.82, 2.24) is 0 Å². The monoisotopic (exact) mass is 301 g/mol. The highest BCUT2D eigenvalue weighted by atomic mass is 16.3. The fourth-order valence-electron chi connectivity index (χ4n) is 3.08. The third-order valence-electron chi connectivity index (χ3n) is 4.36. The Morgan fingerprint density at radius 1 is 0.826 bits per heavy atom. The summed E-state index contributed by atoms with van der Waals surface area (Å²) in [5, 5.41) is 5.85. The molecule has 0 amide bonds. The number of hydrogen-bond acceptors (Lipinski definition) is 2. The molecule has 4 aromatic rings. The van der Waals surface area contributed by atoms with Crippen LogP contribution in [0.15, 0.2) is 65.1 Å². The summed E-state index contributed by atoms with van der Waals surface area (Å²) in [6.45, 7) is 5.12. The van der Waals surface area contributed by atoms with E-state index < -0.39 is 0 Å². The Morgan fingerprint density at radius 3 is 2.52 bits per heavy atom. The zero-order valence-corrected chi connectivity index (χ0v) is 13.4. The summed E-state index contributed by atoms with van der Waals surface area (Å²) < 4.78 is 5.87. The molecule has 3 aromatic carbocycles. The summed E-state index contributed by atoms with van der Waals surface area (Å²) in [4.78, 5) is 0. The van der Waals surface area contributed by atoms with E-state index in [-0.39, 0.29) is 0 Å². The number of benzene rings is 3. The lowest BCUT2D eigenvalue weighted by Gasteiger charge is -2.10. The van der Waals surface area contributed by atoms with E-state index in [9.17, 15) is 0 Å². The van der Waals surface area contributed by atoms with Gasteiger partial charge in [-0.1, -0.05) is 42.0 Å². The van der Waals surface area contributed by atoms with Crippen LogP contribution in [-0.4, -0.2) is 0 Å². The molecule has 0 fully saturated rings. The lowest BCUT2D eigenvalue weighted by atomic mass is 10.1. The van der Waals surface area contributed by atoms with Crippen molar-refractivity contribution in [2.75, 3.05) is 5.32 Å². The van der Waals surface area contributed by atoms with E-state index in [1.54, 1.807) is 0 Å². The van der Waals surface area contributed by atoms with Gasteiger partial charge in [-0.25, -0.2) is 0 Å². The summed E-state index contributed by atoms with van der Waals surface area (Å²) in [6.07, 6.45) is 0. The van der Waals surface area contributed by atoms with Crippen molar-refractivity contribution in [1.29, 1.82) is 0 Å². The predicted molar refractivity (Wildman–Crippen MR) is 97.0 cm³/mol. The number of furan rings is 1. The molecule has 4 rings (SSSR count). The number of rotatable bonds is 3. The molecule has 0 spiro atoms. The SMILES string of the molecule is Cc1ccc(CNc2ccc3oc4ccccc4c3c2)c(C)c1. The van der Waals surface area contributed by atoms with Gasteiger partial charge in [-0.2, -0.15) is 0 Å². The smallest absolute Gasteiger partial charge is 0.135 e. The van der Waals surface area contributed by atoms with E-state index in [0.29, 0.717) is 0 Å². The van der Waals surface area contributed by atoms with Crippen molar-refractivity contribution in [2.24, 2.45) is 0 Å². The fourth-order valence-corrected chi connectivity index (χ4v) is 3.08. The maximum atomic E-state index is 5.87. The first kappa shape index (κ1) is 13.9. The molecule has 0 aliphatic rings. The molecular formula is C21H19NO. The van der Waals surface area contributed by atoms with E-state index in [1.807, 2.05) is 24.3 Å². The third-order valence-corrected chi connectivity index (χ3v) is 4.36. The molecule has 0 unspecified atom stereocenters. The molecular weight excluding hydrogens is 282 g/mol. The molecule has 2 nitrogen and oxygen atoms in total. The fraction of sp³-hybridized carbons (Fsp3) is 0.143. The lowest BCUT2D eigenvalue weighted by Crippen LogP contribution is -2.01. The van der Waals surface area contributed by atoms with E-state index in [2.05, 4.69) is 55.6 Å². The first-order valence-corrected chi connectivity index (χ1v) is 7.92. The summed E-state index contributed by atoms with van der Waals surface area (Å²) >= 11 is 0. The van der Waals surface area contributed by atoms with Crippen molar-refractivity contribution < 1.29 is 4.42 Å². The van der Waals surface area contributed by atoms with Crippen LogP contribution in [0.5, 0.6) is 0 Å². The van der Waals surface area contributed by atoms with E-state index in [4.69, 9.17) is 4.42 Å². The normalized spacial score (nSPS) is 11.2. The molecule has 23 heavy (non-hydrogen) atoms. The van der Waals surface area contributed by atoms with Crippen LogP contribution < -0.4 is 5.32 Å². The summed E-state index contributed by atoms with van der Waals surface area (Å²) in [7, 11) is 0. The summed E-state index contributed by atoms with van der Waals surface area (Å²) in [5.74, 6) is 0. The maximum Gasteiger partial charge on any atom is 0.135 e. The number of hydrogen-bond donors (Lipinski definition) is 1. The minimum absolute atomic E-state index is 0.827. The Hall–Kier alpha value is -2.74. The molecule has 1 heterocycles. The van der Waals surface area contributed by atoms with Gasteiger partial charge in [-0.05, 0) is 49.2 Å². The van der Waals surface area contributed by atoms with Crippen LogP contribution in [0.1, 0.15) is 16.7 Å². The topological polar surface area (TPSA) is 25.2 Å². The Morgan fingerprint density at radius 2 is 1.65 bits per heavy atom. The Bertz CT molecular complexity index is 997. The van der Waals surface area contributed by atoms with Gasteiger partial charge in [0, 0.05) is 23.0 Å². The van der Waals surface area contributed by atoms with Crippen LogP contribution in [0.25, 0.3) is 21.9 Å². The molecule has 0 atom stereocenters. The molecule has 0 aliphatic heterocycles. The van der Waals surface area contributed by atoms with E-state index >= 15 is 0 Å². The number of fused-ring (bicyclic) bond motifs is 3. The Balaban J connectivity index is 1.65. The van der Waals surface area contributed by atoms with Gasteiger partial charge in [0.25, 0.3) is 0 Å². The number of anilines is 1. The van der Waals surface area contributed by atoms with E-state index in [0.717, 1.165) is 34.2 Å². The zero-order valence-electron chi connectivity index (χ0n) is 13.4. The average Bonchev–Trinajstić information content (AvgIpc) is 2.92. The van der Waals surface area contributed by atoms with Gasteiger partial charge in [0.05, 0.1) is 0 Å². The van der Waals surface area contributed by atoms with Crippen molar-refractivity contribution in [3.05, 3.63) is 77.4 Å². The minimum atomic E-state index is 0.827. The van der Waals surface area contributed by atoms with Crippen LogP contribution in [0.2, 0.25) is 0 Å². The van der Waals surface area contributed by atoms with Crippen LogP contribution >= 0.6 is 0 Å². The summed E-state index contributed by atoms with van der Waals surface area (Å²) in [6, 6.07) is 21.0. The van der Waals surface area contributed by atoms with Crippen molar-refractivity contribution in [2.45, 2.75) is 20.4 Å². The van der Waals surface area contributed by atoms with Crippen molar-refractivity contribution in [3.8, 4) is 0 Å². The molecule has 0 radical (unpaired) electrons. The predicted octanol–water partition coefficient (Wildman–Crippen LogP) is 5.81. The molecule has 0 saturated heterocycles. The standard InChI is InChI=1S/C21H19NO/c1-14-7-8-16(15(2)11-14)13-22-17-9-10-21-19(12-17)18-5-3-4-6-20(18)23-21/h3-12,22H,13H2,1-2H3. The molecule has 0 saturated carbocycles. The summed E-state index contributed by atoms with van der Waals surface area (Å²) in [5.41, 5.74) is 6.94. The third kappa shape index (κ3) is 2.57. The second-order valence-electron chi connectivity index (χ2n) is 6.09. The molecule has 0 bridgehead atoms. The van der Waals surface area contributed by atoms with Crippen LogP contribution in [0.4, 0.5) is 5.69 Å². The highest BCUT2D eigenvalue weighted by molar-refractivity contribution is 6.05. The largest absolute Gasteiger partial charge is 0.456 e. The van der Waals surface area contributed by atoms with Gasteiger partial charge in [0.2, 0.25) is 0 Å². The average molecular weight is 301 g/mol. The first-order chi connectivity index (χ1) is 11.2. The number of nitrogens with one attached hydrogen (secondary N) is 1. The number of aryl methyl sites for hydroxylation is 2. The zero-order chi connectivity index (χ0) is 15.8. The van der Waals surface area contributed by atoms with Gasteiger partial charge in [-0.15, -0.1) is 0 Å². The van der Waals surface area contributed by atoms with Gasteiger partial charge >= 0.3 is 0 Å². The van der Waals surface area contributed by atoms with Crippen LogP contribution in [0.3, 0.4) is 0 Å². The maximum absolute atomic E-state index is 5.87. The Kier molecular flexibility index (Phi) is 3.30. The second-order valence-corrected chi connectivity index (χ2v) is 6.09. The Labute approximate surface area is 135 Å². The first-order valence-electron chi connectivity index (χ1n) is 7.92. The number of para-hydroxylation sites is 1. The van der Waals surface area contributed by atoms with Gasteiger partial charge in [0.15, 0.2) is 0 Å². The lowest BCUT2D eigenvalue weighted by molar-refractivity contribution is 0.669. The van der Waals surface area contributed by atoms with Crippen molar-refractivity contribution >= 4 is 27.6 Å². The van der Waals surface area contributed by atoms with Crippen LogP contribution in [0, 0.1) is 13.8 Å². The molecule has 2 heteroatoms. The highest BCUT2D eigenvalue weighted by Gasteiger charge is 2.07. The molecule has 0 aliphatic carbocycles. The second kappa shape index (κ2) is 5.47. The van der Waals surface area contributed by atoms with Gasteiger partial charge in [0.1, 0.15) is 11.2 Å². The molecule has 114 valence electrons. The van der Waals surface area contributed by atoms with Gasteiger partial charge in [-0.3, -0.25) is 0 Å². The molecule has 1 aromatic heterocycles. The van der Waals surface area contributed by atoms with Gasteiger partial charge < -0.3 is 9.73 Å². The molecule has 1 N–H and O–H groups in total. The quantitative estimate of drug-likeness (QED) is 0.516. The minimum Gasteiger partial charge on any atom is -0.456 e. The highest BCUT2D eigenvalue weighted by Crippen LogP contribution is 2.30. The van der Waals surface area contributed by atoms with Crippen molar-refractivity contribution in [3.63, 3.8) is 0 Å². The van der Waals surface area contributed by atoms with Crippen LogP contribution in [-0.2, 0) is 6.54 Å².